The van der Waals surface area contributed by atoms with Crippen LogP contribution in [0.4, 0.5) is 0 Å². The highest BCUT2D eigenvalue weighted by Gasteiger charge is 2.24. The van der Waals surface area contributed by atoms with Gasteiger partial charge in [0.15, 0.2) is 5.96 Å². The molecule has 0 aliphatic heterocycles. The number of nitrogens with zero attached hydrogens (tertiary/aromatic N) is 2. The molecular formula is C19H32N4O2. The molecule has 0 saturated carbocycles. The normalized spacial score (nSPS) is 13.3. The zero-order chi connectivity index (χ0) is 18.9. The molecule has 1 rings (SSSR count). The van der Waals surface area contributed by atoms with E-state index in [1.807, 2.05) is 30.3 Å². The fourth-order valence-electron chi connectivity index (χ4n) is 2.18. The second kappa shape index (κ2) is 10.0. The molecule has 6 heteroatoms. The number of guanidine groups is 1. The third-order valence-corrected chi connectivity index (χ3v) is 3.87. The lowest BCUT2D eigenvalue weighted by Gasteiger charge is -2.30. The predicted molar refractivity (Wildman–Crippen MR) is 103 cm³/mol. The van der Waals surface area contributed by atoms with Crippen LogP contribution in [0, 0.1) is 5.41 Å². The van der Waals surface area contributed by atoms with Crippen molar-refractivity contribution in [2.45, 2.75) is 33.4 Å². The molecule has 2 N–H and O–H groups in total. The lowest BCUT2D eigenvalue weighted by atomic mass is 9.89. The van der Waals surface area contributed by atoms with Crippen molar-refractivity contribution in [3.63, 3.8) is 0 Å². The molecule has 1 aromatic carbocycles. The van der Waals surface area contributed by atoms with Crippen LogP contribution in [0.25, 0.3) is 0 Å². The van der Waals surface area contributed by atoms with Gasteiger partial charge in [0, 0.05) is 27.7 Å². The number of likely N-dealkylation sites (N-methyl/N-ethyl adjacent to an activating group) is 1. The molecular weight excluding hydrogens is 316 g/mol. The Morgan fingerprint density at radius 3 is 2.36 bits per heavy atom. The summed E-state index contributed by atoms with van der Waals surface area (Å²) in [5.41, 5.74) is 1.12. The first kappa shape index (κ1) is 21.0. The first-order chi connectivity index (χ1) is 11.7. The summed E-state index contributed by atoms with van der Waals surface area (Å²) in [4.78, 5) is 18.0. The number of benzene rings is 1. The number of hydrogen-bond donors (Lipinski definition) is 2. The maximum Gasteiger partial charge on any atom is 0.241 e. The number of hydrogen-bond acceptors (Lipinski definition) is 3. The number of carbonyl (C=O) groups excluding carboxylic acids is 1. The highest BCUT2D eigenvalue weighted by molar-refractivity contribution is 5.86. The minimum atomic E-state index is -0.00618. The van der Waals surface area contributed by atoms with E-state index in [9.17, 15) is 4.79 Å². The van der Waals surface area contributed by atoms with Gasteiger partial charge in [-0.25, -0.2) is 4.99 Å². The molecule has 1 atom stereocenters. The van der Waals surface area contributed by atoms with Gasteiger partial charge in [-0.05, 0) is 11.0 Å². The van der Waals surface area contributed by atoms with E-state index in [0.717, 1.165) is 5.56 Å². The van der Waals surface area contributed by atoms with E-state index in [-0.39, 0.29) is 24.0 Å². The molecule has 0 heterocycles. The van der Waals surface area contributed by atoms with Gasteiger partial charge in [0.1, 0.15) is 0 Å². The van der Waals surface area contributed by atoms with Crippen LogP contribution >= 0.6 is 0 Å². The van der Waals surface area contributed by atoms with Crippen molar-refractivity contribution in [2.24, 2.45) is 10.4 Å². The van der Waals surface area contributed by atoms with Crippen molar-refractivity contribution in [1.29, 1.82) is 0 Å². The molecule has 0 saturated heterocycles. The zero-order valence-electron chi connectivity index (χ0n) is 16.3. The van der Waals surface area contributed by atoms with Crippen LogP contribution in [-0.2, 0) is 16.1 Å². The van der Waals surface area contributed by atoms with E-state index in [0.29, 0.717) is 19.0 Å². The molecule has 0 radical (unpaired) electrons. The van der Waals surface area contributed by atoms with Gasteiger partial charge in [-0.1, -0.05) is 51.1 Å². The second-order valence-corrected chi connectivity index (χ2v) is 7.26. The van der Waals surface area contributed by atoms with Crippen LogP contribution in [0.15, 0.2) is 35.3 Å². The maximum atomic E-state index is 11.8. The Labute approximate surface area is 151 Å². The monoisotopic (exact) mass is 348 g/mol. The Morgan fingerprint density at radius 2 is 1.84 bits per heavy atom. The summed E-state index contributed by atoms with van der Waals surface area (Å²) < 4.78 is 5.57. The predicted octanol–water partition coefficient (Wildman–Crippen LogP) is 1.87. The van der Waals surface area contributed by atoms with E-state index in [4.69, 9.17) is 4.74 Å². The fraction of sp³-hybridized carbons (Fsp3) is 0.579. The van der Waals surface area contributed by atoms with Crippen LogP contribution in [-0.4, -0.2) is 57.2 Å². The van der Waals surface area contributed by atoms with Crippen molar-refractivity contribution < 1.29 is 9.53 Å². The summed E-state index contributed by atoms with van der Waals surface area (Å²) in [5.74, 6) is 0.596. The smallest absolute Gasteiger partial charge is 0.241 e. The molecule has 0 aliphatic rings. The Bertz CT molecular complexity index is 550. The summed E-state index contributed by atoms with van der Waals surface area (Å²) in [5, 5.41) is 6.38. The summed E-state index contributed by atoms with van der Waals surface area (Å²) in [6.45, 7) is 7.74. The van der Waals surface area contributed by atoms with E-state index in [1.165, 1.54) is 0 Å². The number of methoxy groups -OCH3 is 1. The third-order valence-electron chi connectivity index (χ3n) is 3.87. The number of nitrogens with one attached hydrogen (secondary N) is 2. The van der Waals surface area contributed by atoms with E-state index >= 15 is 0 Å². The Hall–Kier alpha value is -2.08. The molecule has 1 amide bonds. The summed E-state index contributed by atoms with van der Waals surface area (Å²) >= 11 is 0. The van der Waals surface area contributed by atoms with Crippen molar-refractivity contribution >= 4 is 11.9 Å². The van der Waals surface area contributed by atoms with Gasteiger partial charge >= 0.3 is 0 Å². The van der Waals surface area contributed by atoms with E-state index in [2.05, 4.69) is 36.4 Å². The molecule has 1 unspecified atom stereocenters. The SMILES string of the molecule is COC(CNC(=NCc1ccccc1)NCC(=O)N(C)C)C(C)(C)C. The first-order valence-electron chi connectivity index (χ1n) is 8.53. The molecule has 6 nitrogen and oxygen atoms in total. The lowest BCUT2D eigenvalue weighted by molar-refractivity contribution is -0.127. The quantitative estimate of drug-likeness (QED) is 0.583. The van der Waals surface area contributed by atoms with Gasteiger partial charge in [0.2, 0.25) is 5.91 Å². The molecule has 0 spiro atoms. The van der Waals surface area contributed by atoms with Crippen molar-refractivity contribution in [2.75, 3.05) is 34.3 Å². The molecule has 25 heavy (non-hydrogen) atoms. The molecule has 0 aliphatic carbocycles. The minimum absolute atomic E-state index is 0.00570. The molecule has 1 aromatic rings. The molecule has 0 aromatic heterocycles. The highest BCUT2D eigenvalue weighted by atomic mass is 16.5. The van der Waals surface area contributed by atoms with Gasteiger partial charge in [-0.2, -0.15) is 0 Å². The largest absolute Gasteiger partial charge is 0.379 e. The van der Waals surface area contributed by atoms with E-state index in [1.54, 1.807) is 26.1 Å². The van der Waals surface area contributed by atoms with Gasteiger partial charge < -0.3 is 20.3 Å². The van der Waals surface area contributed by atoms with Crippen molar-refractivity contribution in [3.8, 4) is 0 Å². The van der Waals surface area contributed by atoms with Crippen LogP contribution in [0.3, 0.4) is 0 Å². The highest BCUT2D eigenvalue weighted by Crippen LogP contribution is 2.20. The van der Waals surface area contributed by atoms with Crippen LogP contribution in [0.1, 0.15) is 26.3 Å². The number of amides is 1. The Balaban J connectivity index is 2.74. The third kappa shape index (κ3) is 8.03. The van der Waals surface area contributed by atoms with Crippen molar-refractivity contribution in [3.05, 3.63) is 35.9 Å². The van der Waals surface area contributed by atoms with E-state index < -0.39 is 0 Å². The summed E-state index contributed by atoms with van der Waals surface area (Å²) in [6.07, 6.45) is 0.0285. The van der Waals surface area contributed by atoms with Crippen molar-refractivity contribution in [1.82, 2.24) is 15.5 Å². The summed E-state index contributed by atoms with van der Waals surface area (Å²) in [6, 6.07) is 10.0. The first-order valence-corrected chi connectivity index (χ1v) is 8.53. The average Bonchev–Trinajstić information content (AvgIpc) is 2.56. The average molecular weight is 348 g/mol. The zero-order valence-corrected chi connectivity index (χ0v) is 16.3. The van der Waals surface area contributed by atoms with Crippen LogP contribution < -0.4 is 10.6 Å². The standard InChI is InChI=1S/C19H32N4O2/c1-19(2,3)16(25-6)13-21-18(22-14-17(24)23(4)5)20-12-15-10-8-7-9-11-15/h7-11,16H,12-14H2,1-6H3,(H2,20,21,22). The lowest BCUT2D eigenvalue weighted by Crippen LogP contribution is -2.47. The number of ether oxygens (including phenoxy) is 1. The molecule has 0 fully saturated rings. The summed E-state index contributed by atoms with van der Waals surface area (Å²) in [7, 11) is 5.18. The van der Waals surface area contributed by atoms with Gasteiger partial charge in [-0.3, -0.25) is 4.79 Å². The van der Waals surface area contributed by atoms with Gasteiger partial charge in [-0.15, -0.1) is 0 Å². The second-order valence-electron chi connectivity index (χ2n) is 7.26. The number of aliphatic imine (C=N–C) groups is 1. The molecule has 0 bridgehead atoms. The minimum Gasteiger partial charge on any atom is -0.379 e. The van der Waals surface area contributed by atoms with Gasteiger partial charge in [0.25, 0.3) is 0 Å². The van der Waals surface area contributed by atoms with Gasteiger partial charge in [0.05, 0.1) is 19.2 Å². The topological polar surface area (TPSA) is 66.0 Å². The maximum absolute atomic E-state index is 11.8. The number of rotatable bonds is 7. The molecule has 140 valence electrons. The van der Waals surface area contributed by atoms with Crippen LogP contribution in [0.2, 0.25) is 0 Å². The Kier molecular flexibility index (Phi) is 8.41. The number of carbonyl (C=O) groups is 1. The Morgan fingerprint density at radius 1 is 1.20 bits per heavy atom. The van der Waals surface area contributed by atoms with Crippen LogP contribution in [0.5, 0.6) is 0 Å². The fourth-order valence-corrected chi connectivity index (χ4v) is 2.18.